The summed E-state index contributed by atoms with van der Waals surface area (Å²) in [5.74, 6) is 1.53. The Labute approximate surface area is 165 Å². The second-order valence-electron chi connectivity index (χ2n) is 7.40. The summed E-state index contributed by atoms with van der Waals surface area (Å²) in [6.07, 6.45) is 4.33. The van der Waals surface area contributed by atoms with E-state index < -0.39 is 0 Å². The molecule has 0 N–H and O–H groups in total. The van der Waals surface area contributed by atoms with Gasteiger partial charge in [-0.15, -0.1) is 6.58 Å². The first-order chi connectivity index (χ1) is 12.7. The smallest absolute Gasteiger partial charge is 0.138 e. The van der Waals surface area contributed by atoms with Gasteiger partial charge in [0, 0.05) is 17.8 Å². The number of rotatable bonds is 11. The van der Waals surface area contributed by atoms with E-state index in [9.17, 15) is 9.59 Å². The van der Waals surface area contributed by atoms with Crippen molar-refractivity contribution in [2.45, 2.75) is 54.1 Å². The second-order valence-corrected chi connectivity index (χ2v) is 7.40. The fourth-order valence-corrected chi connectivity index (χ4v) is 2.40. The van der Waals surface area contributed by atoms with Gasteiger partial charge in [0.25, 0.3) is 0 Å². The van der Waals surface area contributed by atoms with Gasteiger partial charge >= 0.3 is 0 Å². The summed E-state index contributed by atoms with van der Waals surface area (Å²) in [7, 11) is 1.64. The molecule has 4 nitrogen and oxygen atoms in total. The van der Waals surface area contributed by atoms with Crippen LogP contribution in [0.25, 0.3) is 0 Å². The number of hydrogen-bond acceptors (Lipinski definition) is 4. The van der Waals surface area contributed by atoms with Crippen LogP contribution in [0.1, 0.15) is 53.0 Å². The van der Waals surface area contributed by atoms with Crippen molar-refractivity contribution in [3.8, 4) is 5.75 Å². The summed E-state index contributed by atoms with van der Waals surface area (Å²) in [6.45, 7) is 14.6. The van der Waals surface area contributed by atoms with E-state index in [2.05, 4.69) is 13.5 Å². The van der Waals surface area contributed by atoms with Crippen LogP contribution in [0, 0.1) is 17.3 Å². The largest absolute Gasteiger partial charge is 0.497 e. The van der Waals surface area contributed by atoms with Crippen molar-refractivity contribution in [1.29, 1.82) is 0 Å². The normalized spacial score (nSPS) is 13.0. The third-order valence-corrected chi connectivity index (χ3v) is 4.83. The van der Waals surface area contributed by atoms with Gasteiger partial charge in [-0.3, -0.25) is 4.79 Å². The average Bonchev–Trinajstić information content (AvgIpc) is 2.68. The molecule has 0 saturated heterocycles. The molecule has 0 aromatic heterocycles. The number of hydrogen-bond donors (Lipinski definition) is 0. The Hall–Kier alpha value is -1.94. The number of allylic oxidation sites excluding steroid dienone is 1. The van der Waals surface area contributed by atoms with Gasteiger partial charge in [0.1, 0.15) is 17.8 Å². The fourth-order valence-electron chi connectivity index (χ4n) is 2.40. The van der Waals surface area contributed by atoms with Crippen LogP contribution < -0.4 is 4.74 Å². The molecule has 0 radical (unpaired) electrons. The Bertz CT molecular complexity index is 560. The number of ether oxygens (including phenoxy) is 2. The summed E-state index contributed by atoms with van der Waals surface area (Å²) >= 11 is 0. The Morgan fingerprint density at radius 3 is 2.26 bits per heavy atom. The first-order valence-corrected chi connectivity index (χ1v) is 9.52. The molecule has 2 atom stereocenters. The van der Waals surface area contributed by atoms with Gasteiger partial charge in [-0.25, -0.2) is 0 Å². The monoisotopic (exact) mass is 376 g/mol. The Morgan fingerprint density at radius 1 is 1.22 bits per heavy atom. The van der Waals surface area contributed by atoms with Crippen LogP contribution in [-0.4, -0.2) is 25.8 Å². The quantitative estimate of drug-likeness (QED) is 0.391. The minimum absolute atomic E-state index is 0.0387. The maximum absolute atomic E-state index is 11.5. The number of carbonyl (C=O) groups excluding carboxylic acids is 2. The molecule has 0 spiro atoms. The Balaban J connectivity index is 0.000000516. The molecule has 0 fully saturated rings. The number of ketones is 1. The molecule has 152 valence electrons. The molecule has 1 aromatic rings. The van der Waals surface area contributed by atoms with E-state index in [1.165, 1.54) is 0 Å². The number of benzene rings is 1. The average molecular weight is 377 g/mol. The van der Waals surface area contributed by atoms with Crippen LogP contribution in [-0.2, 0) is 20.9 Å². The first kappa shape index (κ1) is 25.1. The van der Waals surface area contributed by atoms with Gasteiger partial charge in [-0.05, 0) is 30.0 Å². The summed E-state index contributed by atoms with van der Waals surface area (Å²) in [5.41, 5.74) is 0.886. The fraction of sp³-hybridized carbons (Fsp3) is 0.565. The molecule has 1 aromatic carbocycles. The highest BCUT2D eigenvalue weighted by Crippen LogP contribution is 2.31. The molecular weight excluding hydrogens is 340 g/mol. The minimum Gasteiger partial charge on any atom is -0.497 e. The van der Waals surface area contributed by atoms with Crippen LogP contribution in [0.3, 0.4) is 0 Å². The van der Waals surface area contributed by atoms with E-state index in [4.69, 9.17) is 9.47 Å². The predicted molar refractivity (Wildman–Crippen MR) is 111 cm³/mol. The molecule has 0 amide bonds. The lowest BCUT2D eigenvalue weighted by molar-refractivity contribution is -0.129. The number of aldehydes is 1. The zero-order chi connectivity index (χ0) is 20.9. The van der Waals surface area contributed by atoms with Crippen LogP contribution in [0.4, 0.5) is 0 Å². The van der Waals surface area contributed by atoms with E-state index in [0.29, 0.717) is 31.3 Å². The zero-order valence-electron chi connectivity index (χ0n) is 17.8. The maximum Gasteiger partial charge on any atom is 0.138 e. The molecule has 0 aliphatic heterocycles. The van der Waals surface area contributed by atoms with Crippen molar-refractivity contribution in [1.82, 2.24) is 0 Å². The van der Waals surface area contributed by atoms with Crippen LogP contribution in [0.15, 0.2) is 36.9 Å². The highest BCUT2D eigenvalue weighted by atomic mass is 16.5. The summed E-state index contributed by atoms with van der Waals surface area (Å²) in [5, 5.41) is 0. The van der Waals surface area contributed by atoms with Gasteiger partial charge < -0.3 is 14.3 Å². The third-order valence-electron chi connectivity index (χ3n) is 4.83. The number of methoxy groups -OCH3 is 1. The summed E-state index contributed by atoms with van der Waals surface area (Å²) in [4.78, 5) is 21.8. The predicted octanol–water partition coefficient (Wildman–Crippen LogP) is 5.25. The first-order valence-electron chi connectivity index (χ1n) is 9.52. The van der Waals surface area contributed by atoms with E-state index in [-0.39, 0.29) is 11.3 Å². The van der Waals surface area contributed by atoms with Crippen molar-refractivity contribution < 1.29 is 19.1 Å². The Morgan fingerprint density at radius 2 is 1.81 bits per heavy atom. The maximum atomic E-state index is 11.5. The van der Waals surface area contributed by atoms with Gasteiger partial charge in [0.05, 0.1) is 20.3 Å². The van der Waals surface area contributed by atoms with Gasteiger partial charge in [-0.1, -0.05) is 52.8 Å². The lowest BCUT2D eigenvalue weighted by Gasteiger charge is -2.29. The lowest BCUT2D eigenvalue weighted by Crippen LogP contribution is -2.30. The van der Waals surface area contributed by atoms with Crippen molar-refractivity contribution in [2.75, 3.05) is 13.7 Å². The van der Waals surface area contributed by atoms with Crippen molar-refractivity contribution in [3.63, 3.8) is 0 Å². The molecule has 4 heteroatoms. The highest BCUT2D eigenvalue weighted by molar-refractivity contribution is 5.84. The number of carbonyl (C=O) groups is 2. The number of Topliss-reactive ketones (excluding diaryl/α,β-unsaturated/α-hetero) is 1. The van der Waals surface area contributed by atoms with Crippen molar-refractivity contribution in [3.05, 3.63) is 42.5 Å². The van der Waals surface area contributed by atoms with Gasteiger partial charge in [0.15, 0.2) is 0 Å². The molecule has 0 aliphatic carbocycles. The van der Waals surface area contributed by atoms with E-state index in [1.807, 2.05) is 58.0 Å². The summed E-state index contributed by atoms with van der Waals surface area (Å²) < 4.78 is 10.4. The van der Waals surface area contributed by atoms with Crippen LogP contribution >= 0.6 is 0 Å². The standard InChI is InChI=1S/C12H16O3.C11H20O/c1-10(7-13)8-15-9-11-3-5-12(14-2)6-4-11;1-6-8-9(3)11(4,5)10(12)7-2/h3-7,10H,8-9H2,1-2H3;6,9H,1,7-8H2,2-5H3/t10-;9-/m10/s1. The van der Waals surface area contributed by atoms with Gasteiger partial charge in [0.2, 0.25) is 0 Å². The molecule has 27 heavy (non-hydrogen) atoms. The Kier molecular flexibility index (Phi) is 12.3. The molecule has 0 unspecified atom stereocenters. The van der Waals surface area contributed by atoms with Crippen molar-refractivity contribution >= 4 is 12.1 Å². The second kappa shape index (κ2) is 13.3. The van der Waals surface area contributed by atoms with Gasteiger partial charge in [-0.2, -0.15) is 0 Å². The third kappa shape index (κ3) is 9.53. The SMILES string of the molecule is C=CC[C@H](C)C(C)(C)C(=O)CC.COc1ccc(COC[C@H](C)C=O)cc1. The molecule has 0 heterocycles. The molecule has 1 rings (SSSR count). The zero-order valence-corrected chi connectivity index (χ0v) is 17.8. The minimum atomic E-state index is -0.192. The molecule has 0 bridgehead atoms. The van der Waals surface area contributed by atoms with E-state index in [0.717, 1.165) is 24.0 Å². The summed E-state index contributed by atoms with van der Waals surface area (Å²) in [6, 6.07) is 7.68. The van der Waals surface area contributed by atoms with E-state index >= 15 is 0 Å². The topological polar surface area (TPSA) is 52.6 Å². The molecule has 0 aliphatic rings. The lowest BCUT2D eigenvalue weighted by atomic mass is 9.74. The van der Waals surface area contributed by atoms with Crippen molar-refractivity contribution in [2.24, 2.45) is 17.3 Å². The molecule has 0 saturated carbocycles. The van der Waals surface area contributed by atoms with E-state index in [1.54, 1.807) is 7.11 Å². The van der Waals surface area contributed by atoms with Crippen LogP contribution in [0.2, 0.25) is 0 Å². The molecular formula is C23H36O4. The highest BCUT2D eigenvalue weighted by Gasteiger charge is 2.31. The van der Waals surface area contributed by atoms with Crippen LogP contribution in [0.5, 0.6) is 5.75 Å².